The fourth-order valence-electron chi connectivity index (χ4n) is 2.71. The number of aromatic nitrogens is 2. The Morgan fingerprint density at radius 3 is 2.47 bits per heavy atom. The highest BCUT2D eigenvalue weighted by atomic mass is 35.5. The van der Waals surface area contributed by atoms with Crippen LogP contribution in [0.3, 0.4) is 0 Å². The van der Waals surface area contributed by atoms with Crippen molar-refractivity contribution >= 4 is 11.6 Å². The predicted molar refractivity (Wildman–Crippen MR) is 78.2 cm³/mol. The highest BCUT2D eigenvalue weighted by Crippen LogP contribution is 2.31. The van der Waals surface area contributed by atoms with Crippen molar-refractivity contribution in [3.05, 3.63) is 41.3 Å². The molecular formula is C15H18ClN3. The Balaban J connectivity index is 1.77. The maximum absolute atomic E-state index is 5.94. The lowest BCUT2D eigenvalue weighted by Gasteiger charge is -2.24. The van der Waals surface area contributed by atoms with Crippen LogP contribution >= 0.6 is 11.6 Å². The molecule has 1 saturated carbocycles. The van der Waals surface area contributed by atoms with E-state index in [4.69, 9.17) is 17.3 Å². The van der Waals surface area contributed by atoms with Crippen LogP contribution in [-0.4, -0.2) is 16.0 Å². The first-order valence-electron chi connectivity index (χ1n) is 6.79. The van der Waals surface area contributed by atoms with Crippen molar-refractivity contribution in [3.63, 3.8) is 0 Å². The second-order valence-electron chi connectivity index (χ2n) is 5.30. The summed E-state index contributed by atoms with van der Waals surface area (Å²) in [6, 6.07) is 8.20. The molecule has 3 N–H and O–H groups in total. The van der Waals surface area contributed by atoms with E-state index in [0.717, 1.165) is 47.8 Å². The van der Waals surface area contributed by atoms with E-state index in [1.54, 1.807) is 0 Å². The molecule has 4 heteroatoms. The van der Waals surface area contributed by atoms with Crippen molar-refractivity contribution in [2.24, 2.45) is 5.73 Å². The molecule has 1 aliphatic carbocycles. The van der Waals surface area contributed by atoms with E-state index in [2.05, 4.69) is 9.97 Å². The molecule has 0 bridgehead atoms. The summed E-state index contributed by atoms with van der Waals surface area (Å²) in [5.74, 6) is 1.62. The maximum atomic E-state index is 5.94. The van der Waals surface area contributed by atoms with Gasteiger partial charge in [-0.1, -0.05) is 23.7 Å². The third kappa shape index (κ3) is 2.82. The number of halogens is 1. The van der Waals surface area contributed by atoms with Gasteiger partial charge in [-0.25, -0.2) is 4.98 Å². The molecule has 1 aliphatic rings. The van der Waals surface area contributed by atoms with Crippen LogP contribution in [0.25, 0.3) is 11.3 Å². The Labute approximate surface area is 118 Å². The van der Waals surface area contributed by atoms with E-state index in [1.807, 2.05) is 30.5 Å². The fraction of sp³-hybridized carbons (Fsp3) is 0.400. The average Bonchev–Trinajstić information content (AvgIpc) is 2.90. The first kappa shape index (κ1) is 12.7. The summed E-state index contributed by atoms with van der Waals surface area (Å²) in [6.07, 6.45) is 6.37. The van der Waals surface area contributed by atoms with Crippen molar-refractivity contribution in [3.8, 4) is 11.3 Å². The molecule has 19 heavy (non-hydrogen) atoms. The smallest absolute Gasteiger partial charge is 0.109 e. The minimum Gasteiger partial charge on any atom is -0.342 e. The van der Waals surface area contributed by atoms with Crippen molar-refractivity contribution in [2.45, 2.75) is 37.6 Å². The highest BCUT2D eigenvalue weighted by molar-refractivity contribution is 6.30. The van der Waals surface area contributed by atoms with Crippen LogP contribution in [0.15, 0.2) is 30.5 Å². The van der Waals surface area contributed by atoms with Gasteiger partial charge in [0, 0.05) is 17.0 Å². The summed E-state index contributed by atoms with van der Waals surface area (Å²) in [5.41, 5.74) is 8.12. The van der Waals surface area contributed by atoms with E-state index in [1.165, 1.54) is 0 Å². The molecule has 0 saturated heterocycles. The number of hydrogen-bond acceptors (Lipinski definition) is 2. The Kier molecular flexibility index (Phi) is 3.58. The Morgan fingerprint density at radius 2 is 1.79 bits per heavy atom. The summed E-state index contributed by atoms with van der Waals surface area (Å²) in [6.45, 7) is 0. The second-order valence-corrected chi connectivity index (χ2v) is 5.74. The number of H-pyrrole nitrogens is 1. The lowest BCUT2D eigenvalue weighted by atomic mass is 9.86. The minimum absolute atomic E-state index is 0.377. The van der Waals surface area contributed by atoms with Crippen LogP contribution in [0.5, 0.6) is 0 Å². The lowest BCUT2D eigenvalue weighted by Crippen LogP contribution is -2.26. The Bertz CT molecular complexity index is 539. The van der Waals surface area contributed by atoms with Gasteiger partial charge in [0.25, 0.3) is 0 Å². The van der Waals surface area contributed by atoms with Crippen LogP contribution < -0.4 is 5.73 Å². The van der Waals surface area contributed by atoms with Crippen LogP contribution in [0.2, 0.25) is 5.02 Å². The molecule has 0 aliphatic heterocycles. The first-order chi connectivity index (χ1) is 9.22. The van der Waals surface area contributed by atoms with Crippen LogP contribution in [0.4, 0.5) is 0 Å². The number of hydrogen-bond donors (Lipinski definition) is 2. The zero-order valence-corrected chi connectivity index (χ0v) is 11.5. The molecule has 3 nitrogen and oxygen atoms in total. The van der Waals surface area contributed by atoms with Gasteiger partial charge >= 0.3 is 0 Å². The van der Waals surface area contributed by atoms with Crippen LogP contribution in [-0.2, 0) is 0 Å². The van der Waals surface area contributed by atoms with Crippen molar-refractivity contribution in [1.82, 2.24) is 9.97 Å². The largest absolute Gasteiger partial charge is 0.342 e. The van der Waals surface area contributed by atoms with E-state index < -0.39 is 0 Å². The fourth-order valence-corrected chi connectivity index (χ4v) is 2.84. The van der Waals surface area contributed by atoms with Crippen molar-refractivity contribution in [1.29, 1.82) is 0 Å². The third-order valence-corrected chi connectivity index (χ3v) is 4.16. The molecule has 1 heterocycles. The Hall–Kier alpha value is -1.32. The Morgan fingerprint density at radius 1 is 1.11 bits per heavy atom. The van der Waals surface area contributed by atoms with Gasteiger partial charge in [0.1, 0.15) is 5.82 Å². The van der Waals surface area contributed by atoms with E-state index >= 15 is 0 Å². The lowest BCUT2D eigenvalue weighted by molar-refractivity contribution is 0.386. The number of aromatic amines is 1. The molecule has 0 radical (unpaired) electrons. The van der Waals surface area contributed by atoms with E-state index in [9.17, 15) is 0 Å². The molecule has 0 atom stereocenters. The van der Waals surface area contributed by atoms with Crippen molar-refractivity contribution < 1.29 is 0 Å². The predicted octanol–water partition coefficient (Wildman–Crippen LogP) is 3.72. The van der Waals surface area contributed by atoms with E-state index in [0.29, 0.717) is 12.0 Å². The molecule has 0 spiro atoms. The molecule has 1 aromatic carbocycles. The van der Waals surface area contributed by atoms with Gasteiger partial charge in [0.15, 0.2) is 0 Å². The minimum atomic E-state index is 0.377. The summed E-state index contributed by atoms with van der Waals surface area (Å²) in [5, 5.41) is 0.754. The first-order valence-corrected chi connectivity index (χ1v) is 7.16. The van der Waals surface area contributed by atoms with Gasteiger partial charge in [0.2, 0.25) is 0 Å². The summed E-state index contributed by atoms with van der Waals surface area (Å²) in [4.78, 5) is 7.97. The molecular weight excluding hydrogens is 258 g/mol. The molecule has 100 valence electrons. The van der Waals surface area contributed by atoms with Gasteiger partial charge < -0.3 is 10.7 Å². The standard InChI is InChI=1S/C15H18ClN3/c16-12-5-1-10(2-6-12)14-9-18-15(19-14)11-3-7-13(17)8-4-11/h1-2,5-6,9,11,13H,3-4,7-8,17H2,(H,18,19). The van der Waals surface area contributed by atoms with Gasteiger partial charge in [-0.3, -0.25) is 0 Å². The number of imidazole rings is 1. The molecule has 3 rings (SSSR count). The molecule has 1 fully saturated rings. The topological polar surface area (TPSA) is 54.7 Å². The van der Waals surface area contributed by atoms with Crippen LogP contribution in [0, 0.1) is 0 Å². The quantitative estimate of drug-likeness (QED) is 0.878. The SMILES string of the molecule is NC1CCC(c2ncc(-c3ccc(Cl)cc3)[nH]2)CC1. The number of nitrogens with two attached hydrogens (primary N) is 1. The molecule has 2 aromatic rings. The number of benzene rings is 1. The van der Waals surface area contributed by atoms with Crippen molar-refractivity contribution in [2.75, 3.05) is 0 Å². The number of rotatable bonds is 2. The number of nitrogens with one attached hydrogen (secondary N) is 1. The normalized spacial score (nSPS) is 23.5. The van der Waals surface area contributed by atoms with Gasteiger partial charge in [-0.15, -0.1) is 0 Å². The summed E-state index contributed by atoms with van der Waals surface area (Å²) >= 11 is 5.90. The molecule has 0 amide bonds. The number of nitrogens with zero attached hydrogens (tertiary/aromatic N) is 1. The summed E-state index contributed by atoms with van der Waals surface area (Å²) in [7, 11) is 0. The monoisotopic (exact) mass is 275 g/mol. The van der Waals surface area contributed by atoms with E-state index in [-0.39, 0.29) is 0 Å². The molecule has 0 unspecified atom stereocenters. The second kappa shape index (κ2) is 5.35. The maximum Gasteiger partial charge on any atom is 0.109 e. The third-order valence-electron chi connectivity index (χ3n) is 3.91. The van der Waals surface area contributed by atoms with Gasteiger partial charge in [0.05, 0.1) is 11.9 Å². The van der Waals surface area contributed by atoms with Gasteiger partial charge in [-0.05, 0) is 43.4 Å². The average molecular weight is 276 g/mol. The zero-order valence-electron chi connectivity index (χ0n) is 10.8. The summed E-state index contributed by atoms with van der Waals surface area (Å²) < 4.78 is 0. The van der Waals surface area contributed by atoms with Gasteiger partial charge in [-0.2, -0.15) is 0 Å². The zero-order chi connectivity index (χ0) is 13.2. The highest BCUT2D eigenvalue weighted by Gasteiger charge is 2.22. The molecule has 1 aromatic heterocycles. The van der Waals surface area contributed by atoms with Crippen LogP contribution in [0.1, 0.15) is 37.4 Å².